The van der Waals surface area contributed by atoms with Crippen molar-refractivity contribution in [2.24, 2.45) is 5.92 Å². The van der Waals surface area contributed by atoms with E-state index in [2.05, 4.69) is 14.8 Å². The number of alkyl halides is 3. The zero-order chi connectivity index (χ0) is 20.4. The molecule has 10 heteroatoms. The van der Waals surface area contributed by atoms with Gasteiger partial charge in [-0.15, -0.1) is 0 Å². The standard InChI is InChI=1S/C16H20F3NO6/c1-7-8(11(21)16(17,18)19)9(13(22)24-5)10(14(23)25-6)12(26-7)20-15(2,3)4/h9,20H,1-6H3. The second kappa shape index (κ2) is 7.38. The van der Waals surface area contributed by atoms with Crippen LogP contribution in [0, 0.1) is 5.92 Å². The Labute approximate surface area is 148 Å². The summed E-state index contributed by atoms with van der Waals surface area (Å²) in [5.74, 6) is -7.36. The molecule has 1 rings (SSSR count). The lowest BCUT2D eigenvalue weighted by Gasteiger charge is -2.32. The fourth-order valence-electron chi connectivity index (χ4n) is 2.29. The number of hydrogen-bond donors (Lipinski definition) is 1. The van der Waals surface area contributed by atoms with Crippen LogP contribution in [0.1, 0.15) is 27.7 Å². The summed E-state index contributed by atoms with van der Waals surface area (Å²) < 4.78 is 53.3. The molecule has 0 bridgehead atoms. The number of Topliss-reactive ketones (excluding diaryl/α,β-unsaturated/α-hetero) is 1. The van der Waals surface area contributed by atoms with E-state index in [1.807, 2.05) is 0 Å². The summed E-state index contributed by atoms with van der Waals surface area (Å²) in [4.78, 5) is 36.2. The van der Waals surface area contributed by atoms with E-state index in [0.717, 1.165) is 21.1 Å². The molecule has 7 nitrogen and oxygen atoms in total. The predicted octanol–water partition coefficient (Wildman–Crippen LogP) is 1.98. The molecule has 0 aromatic heterocycles. The Bertz CT molecular complexity index is 685. The molecule has 1 unspecified atom stereocenters. The van der Waals surface area contributed by atoms with Crippen LogP contribution in [0.25, 0.3) is 0 Å². The van der Waals surface area contributed by atoms with Gasteiger partial charge in [-0.1, -0.05) is 0 Å². The number of hydrogen-bond acceptors (Lipinski definition) is 7. The molecule has 0 aromatic rings. The molecule has 1 aliphatic rings. The van der Waals surface area contributed by atoms with Crippen LogP contribution in [0.2, 0.25) is 0 Å². The third kappa shape index (κ3) is 4.55. The first-order valence-corrected chi connectivity index (χ1v) is 7.43. The highest BCUT2D eigenvalue weighted by Crippen LogP contribution is 2.38. The molecule has 0 saturated heterocycles. The first-order valence-electron chi connectivity index (χ1n) is 7.43. The summed E-state index contributed by atoms with van der Waals surface area (Å²) in [6.45, 7) is 6.18. The highest BCUT2D eigenvalue weighted by atomic mass is 19.4. The quantitative estimate of drug-likeness (QED) is 0.747. The molecular weight excluding hydrogens is 359 g/mol. The van der Waals surface area contributed by atoms with Crippen LogP contribution in [0.4, 0.5) is 13.2 Å². The number of allylic oxidation sites excluding steroid dienone is 1. The minimum absolute atomic E-state index is 0.282. The number of ether oxygens (including phenoxy) is 3. The highest BCUT2D eigenvalue weighted by Gasteiger charge is 2.51. The number of rotatable bonds is 4. The topological polar surface area (TPSA) is 90.9 Å². The van der Waals surface area contributed by atoms with Crippen LogP contribution < -0.4 is 5.32 Å². The van der Waals surface area contributed by atoms with Crippen molar-refractivity contribution >= 4 is 17.7 Å². The van der Waals surface area contributed by atoms with E-state index in [1.165, 1.54) is 0 Å². The summed E-state index contributed by atoms with van der Waals surface area (Å²) >= 11 is 0. The Morgan fingerprint density at radius 1 is 1.04 bits per heavy atom. The minimum Gasteiger partial charge on any atom is -0.468 e. The van der Waals surface area contributed by atoms with Crippen molar-refractivity contribution in [1.29, 1.82) is 0 Å². The maximum absolute atomic E-state index is 13.0. The lowest BCUT2D eigenvalue weighted by atomic mass is 9.85. The van der Waals surface area contributed by atoms with Crippen molar-refractivity contribution in [3.05, 3.63) is 22.8 Å². The molecule has 0 amide bonds. The number of esters is 2. The molecule has 1 atom stereocenters. The van der Waals surface area contributed by atoms with Crippen LogP contribution in [0.5, 0.6) is 0 Å². The van der Waals surface area contributed by atoms with Gasteiger partial charge in [-0.2, -0.15) is 13.2 Å². The van der Waals surface area contributed by atoms with Gasteiger partial charge in [-0.05, 0) is 27.7 Å². The van der Waals surface area contributed by atoms with Crippen LogP contribution in [-0.4, -0.2) is 43.7 Å². The number of nitrogens with one attached hydrogen (secondary N) is 1. The Kier molecular flexibility index (Phi) is 6.11. The van der Waals surface area contributed by atoms with Crippen molar-refractivity contribution in [1.82, 2.24) is 5.32 Å². The fourth-order valence-corrected chi connectivity index (χ4v) is 2.29. The van der Waals surface area contributed by atoms with E-state index in [-0.39, 0.29) is 5.88 Å². The van der Waals surface area contributed by atoms with E-state index in [9.17, 15) is 27.6 Å². The first-order chi connectivity index (χ1) is 11.7. The Hall–Kier alpha value is -2.52. The average Bonchev–Trinajstić information content (AvgIpc) is 2.49. The van der Waals surface area contributed by atoms with Gasteiger partial charge in [0, 0.05) is 5.54 Å². The average molecular weight is 379 g/mol. The van der Waals surface area contributed by atoms with Gasteiger partial charge in [0.2, 0.25) is 5.88 Å². The third-order valence-electron chi connectivity index (χ3n) is 3.29. The molecule has 0 radical (unpaired) electrons. The molecule has 146 valence electrons. The Balaban J connectivity index is 3.69. The van der Waals surface area contributed by atoms with Gasteiger partial charge >= 0.3 is 18.1 Å². The lowest BCUT2D eigenvalue weighted by Crippen LogP contribution is -2.43. The van der Waals surface area contributed by atoms with Gasteiger partial charge in [-0.25, -0.2) is 4.79 Å². The number of carbonyl (C=O) groups is 3. The van der Waals surface area contributed by atoms with Crippen LogP contribution >= 0.6 is 0 Å². The van der Waals surface area contributed by atoms with Gasteiger partial charge in [-0.3, -0.25) is 9.59 Å². The van der Waals surface area contributed by atoms with E-state index < -0.39 is 52.3 Å². The van der Waals surface area contributed by atoms with Gasteiger partial charge in [0.05, 0.1) is 19.8 Å². The molecular formula is C16H20F3NO6. The van der Waals surface area contributed by atoms with Crippen molar-refractivity contribution in [3.8, 4) is 0 Å². The molecule has 0 aromatic carbocycles. The maximum atomic E-state index is 13.0. The number of carbonyl (C=O) groups excluding carboxylic acids is 3. The summed E-state index contributed by atoms with van der Waals surface area (Å²) in [5.41, 5.74) is -2.28. The Morgan fingerprint density at radius 3 is 1.96 bits per heavy atom. The van der Waals surface area contributed by atoms with Crippen LogP contribution in [0.3, 0.4) is 0 Å². The molecule has 0 aliphatic carbocycles. The van der Waals surface area contributed by atoms with Gasteiger partial charge in [0.25, 0.3) is 5.78 Å². The summed E-state index contributed by atoms with van der Waals surface area (Å²) in [7, 11) is 1.91. The van der Waals surface area contributed by atoms with Gasteiger partial charge in [0.1, 0.15) is 17.3 Å². The fraction of sp³-hybridized carbons (Fsp3) is 0.562. The zero-order valence-corrected chi connectivity index (χ0v) is 15.2. The first kappa shape index (κ1) is 21.5. The summed E-state index contributed by atoms with van der Waals surface area (Å²) in [5, 5.41) is 2.78. The minimum atomic E-state index is -5.28. The third-order valence-corrected chi connectivity index (χ3v) is 3.29. The van der Waals surface area contributed by atoms with Gasteiger partial charge in [0.15, 0.2) is 0 Å². The maximum Gasteiger partial charge on any atom is 0.454 e. The molecule has 0 saturated carbocycles. The normalized spacial score (nSPS) is 18.3. The molecule has 1 heterocycles. The van der Waals surface area contributed by atoms with E-state index in [0.29, 0.717) is 0 Å². The number of ketones is 1. The van der Waals surface area contributed by atoms with Crippen molar-refractivity contribution in [2.45, 2.75) is 39.4 Å². The molecule has 26 heavy (non-hydrogen) atoms. The second-order valence-corrected chi connectivity index (χ2v) is 6.46. The highest BCUT2D eigenvalue weighted by molar-refractivity contribution is 6.09. The SMILES string of the molecule is COC(=O)C1=C(NC(C)(C)C)OC(C)=C(C(=O)C(F)(F)F)C1C(=O)OC. The number of methoxy groups -OCH3 is 2. The van der Waals surface area contributed by atoms with Crippen LogP contribution in [-0.2, 0) is 28.6 Å². The number of halogens is 3. The Morgan fingerprint density at radius 2 is 1.58 bits per heavy atom. The van der Waals surface area contributed by atoms with E-state index in [4.69, 9.17) is 4.74 Å². The monoisotopic (exact) mass is 379 g/mol. The van der Waals surface area contributed by atoms with Gasteiger partial charge < -0.3 is 19.5 Å². The predicted molar refractivity (Wildman–Crippen MR) is 82.3 cm³/mol. The van der Waals surface area contributed by atoms with Crippen molar-refractivity contribution < 1.29 is 41.8 Å². The summed E-state index contributed by atoms with van der Waals surface area (Å²) in [6.07, 6.45) is -5.28. The molecule has 0 spiro atoms. The van der Waals surface area contributed by atoms with E-state index >= 15 is 0 Å². The molecule has 0 fully saturated rings. The lowest BCUT2D eigenvalue weighted by molar-refractivity contribution is -0.168. The molecule has 1 N–H and O–H groups in total. The van der Waals surface area contributed by atoms with Crippen LogP contribution in [0.15, 0.2) is 22.8 Å². The van der Waals surface area contributed by atoms with Crippen molar-refractivity contribution in [3.63, 3.8) is 0 Å². The smallest absolute Gasteiger partial charge is 0.454 e. The second-order valence-electron chi connectivity index (χ2n) is 6.46. The molecule has 1 aliphatic heterocycles. The summed E-state index contributed by atoms with van der Waals surface area (Å²) in [6, 6.07) is 0. The zero-order valence-electron chi connectivity index (χ0n) is 15.2. The van der Waals surface area contributed by atoms with Crippen molar-refractivity contribution in [2.75, 3.05) is 14.2 Å². The van der Waals surface area contributed by atoms with E-state index in [1.54, 1.807) is 20.8 Å². The largest absolute Gasteiger partial charge is 0.468 e.